The maximum absolute atomic E-state index is 6.24. The first-order valence-electron chi connectivity index (χ1n) is 8.47. The highest BCUT2D eigenvalue weighted by Crippen LogP contribution is 2.31. The quantitative estimate of drug-likeness (QED) is 0.709. The van der Waals surface area contributed by atoms with Crippen LogP contribution < -0.4 is 15.5 Å². The van der Waals surface area contributed by atoms with Crippen LogP contribution in [0.2, 0.25) is 0 Å². The van der Waals surface area contributed by atoms with Crippen LogP contribution in [0.1, 0.15) is 0 Å². The van der Waals surface area contributed by atoms with Crippen LogP contribution in [0.25, 0.3) is 11.1 Å². The van der Waals surface area contributed by atoms with E-state index in [1.807, 2.05) is 20.2 Å². The van der Waals surface area contributed by atoms with Crippen molar-refractivity contribution in [1.82, 2.24) is 0 Å². The van der Waals surface area contributed by atoms with Crippen LogP contribution in [-0.4, -0.2) is 54.6 Å². The van der Waals surface area contributed by atoms with Gasteiger partial charge in [0.05, 0.1) is 13.2 Å². The van der Waals surface area contributed by atoms with Gasteiger partial charge in [-0.25, -0.2) is 0 Å². The Morgan fingerprint density at radius 1 is 0.840 bits per heavy atom. The van der Waals surface area contributed by atoms with Gasteiger partial charge >= 0.3 is 0 Å². The van der Waals surface area contributed by atoms with E-state index in [1.165, 1.54) is 5.69 Å². The number of nitrogens with two attached hydrogens (primary N) is 1. The lowest BCUT2D eigenvalue weighted by Crippen LogP contribution is -2.30. The zero-order valence-corrected chi connectivity index (χ0v) is 15.7. The molecule has 0 heterocycles. The maximum atomic E-state index is 6.24. The fraction of sp³-hybridized carbons (Fsp3) is 0.400. The Labute approximate surface area is 150 Å². The molecule has 5 nitrogen and oxygen atoms in total. The van der Waals surface area contributed by atoms with Crippen LogP contribution in [0.5, 0.6) is 0 Å². The van der Waals surface area contributed by atoms with Gasteiger partial charge in [0.25, 0.3) is 0 Å². The standard InChI is InChI=1S/C20H29N3O2/c1-22(2)17-7-5-16(6-8-17)19-15-18(9-10-20(19)21)23(11-13-24-3)12-14-25-4/h5-10,15H,11-14,21H2,1-4H3. The minimum Gasteiger partial charge on any atom is -0.398 e. The monoisotopic (exact) mass is 343 g/mol. The van der Waals surface area contributed by atoms with Gasteiger partial charge in [-0.1, -0.05) is 12.1 Å². The molecule has 0 saturated heterocycles. The average molecular weight is 343 g/mol. The number of ether oxygens (including phenoxy) is 2. The molecule has 0 aliphatic carbocycles. The van der Waals surface area contributed by atoms with E-state index in [-0.39, 0.29) is 0 Å². The molecule has 0 aliphatic heterocycles. The highest BCUT2D eigenvalue weighted by molar-refractivity contribution is 5.80. The molecule has 0 amide bonds. The Bertz CT molecular complexity index is 648. The number of anilines is 3. The molecule has 2 aromatic carbocycles. The molecule has 0 atom stereocenters. The second-order valence-corrected chi connectivity index (χ2v) is 6.19. The molecule has 2 aromatic rings. The molecule has 25 heavy (non-hydrogen) atoms. The molecule has 136 valence electrons. The summed E-state index contributed by atoms with van der Waals surface area (Å²) in [7, 11) is 7.51. The lowest BCUT2D eigenvalue weighted by atomic mass is 10.0. The second kappa shape index (κ2) is 9.30. The lowest BCUT2D eigenvalue weighted by Gasteiger charge is -2.25. The van der Waals surface area contributed by atoms with E-state index in [4.69, 9.17) is 15.2 Å². The largest absolute Gasteiger partial charge is 0.398 e. The van der Waals surface area contributed by atoms with Crippen LogP contribution in [0.3, 0.4) is 0 Å². The molecular formula is C20H29N3O2. The average Bonchev–Trinajstić information content (AvgIpc) is 2.62. The Kier molecular flexibility index (Phi) is 7.10. The predicted octanol–water partition coefficient (Wildman–Crippen LogP) is 3.10. The zero-order chi connectivity index (χ0) is 18.2. The summed E-state index contributed by atoms with van der Waals surface area (Å²) in [6.45, 7) is 2.95. The van der Waals surface area contributed by atoms with Crippen LogP contribution in [0.15, 0.2) is 42.5 Å². The molecule has 0 aromatic heterocycles. The number of nitrogen functional groups attached to an aromatic ring is 1. The first-order chi connectivity index (χ1) is 12.1. The van der Waals surface area contributed by atoms with E-state index < -0.39 is 0 Å². The first kappa shape index (κ1) is 19.1. The van der Waals surface area contributed by atoms with Gasteiger partial charge in [0.1, 0.15) is 0 Å². The number of hydrogen-bond donors (Lipinski definition) is 1. The summed E-state index contributed by atoms with van der Waals surface area (Å²) in [5.74, 6) is 0. The van der Waals surface area contributed by atoms with E-state index in [9.17, 15) is 0 Å². The molecule has 0 bridgehead atoms. The Morgan fingerprint density at radius 3 is 1.92 bits per heavy atom. The third kappa shape index (κ3) is 5.11. The van der Waals surface area contributed by atoms with Crippen LogP contribution in [0, 0.1) is 0 Å². The Morgan fingerprint density at radius 2 is 1.40 bits per heavy atom. The molecule has 0 fully saturated rings. The topological polar surface area (TPSA) is 51.0 Å². The molecule has 2 rings (SSSR count). The molecular weight excluding hydrogens is 314 g/mol. The molecule has 0 saturated carbocycles. The summed E-state index contributed by atoms with van der Waals surface area (Å²) in [4.78, 5) is 4.34. The van der Waals surface area contributed by atoms with E-state index in [0.29, 0.717) is 13.2 Å². The molecule has 2 N–H and O–H groups in total. The third-order valence-corrected chi connectivity index (χ3v) is 4.23. The zero-order valence-electron chi connectivity index (χ0n) is 15.7. The van der Waals surface area contributed by atoms with Gasteiger partial charge in [-0.15, -0.1) is 0 Å². The molecule has 0 spiro atoms. The van der Waals surface area contributed by atoms with E-state index in [0.717, 1.165) is 35.6 Å². The summed E-state index contributed by atoms with van der Waals surface area (Å²) in [5.41, 5.74) is 11.5. The van der Waals surface area contributed by atoms with Crippen molar-refractivity contribution >= 4 is 17.1 Å². The number of nitrogens with zero attached hydrogens (tertiary/aromatic N) is 2. The second-order valence-electron chi connectivity index (χ2n) is 6.19. The number of benzene rings is 2. The van der Waals surface area contributed by atoms with Gasteiger partial charge < -0.3 is 25.0 Å². The van der Waals surface area contributed by atoms with Gasteiger partial charge in [-0.2, -0.15) is 0 Å². The highest BCUT2D eigenvalue weighted by Gasteiger charge is 2.10. The van der Waals surface area contributed by atoms with Gasteiger partial charge in [0, 0.05) is 64.0 Å². The summed E-state index contributed by atoms with van der Waals surface area (Å²) in [6, 6.07) is 14.6. The highest BCUT2D eigenvalue weighted by atomic mass is 16.5. The van der Waals surface area contributed by atoms with Crippen molar-refractivity contribution in [3.63, 3.8) is 0 Å². The van der Waals surface area contributed by atoms with E-state index in [1.54, 1.807) is 14.2 Å². The first-order valence-corrected chi connectivity index (χ1v) is 8.47. The summed E-state index contributed by atoms with van der Waals surface area (Å²) >= 11 is 0. The molecule has 0 radical (unpaired) electrons. The van der Waals surface area contributed by atoms with Crippen molar-refractivity contribution < 1.29 is 9.47 Å². The van der Waals surface area contributed by atoms with Crippen LogP contribution in [-0.2, 0) is 9.47 Å². The predicted molar refractivity (Wildman–Crippen MR) is 107 cm³/mol. The van der Waals surface area contributed by atoms with Crippen molar-refractivity contribution in [2.75, 3.05) is 70.2 Å². The minimum atomic E-state index is 0.668. The summed E-state index contributed by atoms with van der Waals surface area (Å²) < 4.78 is 10.5. The fourth-order valence-electron chi connectivity index (χ4n) is 2.70. The lowest BCUT2D eigenvalue weighted by molar-refractivity contribution is 0.190. The smallest absolute Gasteiger partial charge is 0.0637 e. The summed E-state index contributed by atoms with van der Waals surface area (Å²) in [5, 5.41) is 0. The van der Waals surface area contributed by atoms with Crippen molar-refractivity contribution in [3.05, 3.63) is 42.5 Å². The molecule has 0 unspecified atom stereocenters. The molecule has 0 aliphatic rings. The van der Waals surface area contributed by atoms with Gasteiger partial charge in [-0.05, 0) is 35.9 Å². The van der Waals surface area contributed by atoms with Crippen LogP contribution in [0.4, 0.5) is 17.1 Å². The van der Waals surface area contributed by atoms with Crippen LogP contribution >= 0.6 is 0 Å². The van der Waals surface area contributed by atoms with Gasteiger partial charge in [-0.3, -0.25) is 0 Å². The fourth-order valence-corrected chi connectivity index (χ4v) is 2.70. The maximum Gasteiger partial charge on any atom is 0.0637 e. The van der Waals surface area contributed by atoms with E-state index >= 15 is 0 Å². The van der Waals surface area contributed by atoms with Crippen molar-refractivity contribution in [2.24, 2.45) is 0 Å². The number of rotatable bonds is 9. The third-order valence-electron chi connectivity index (χ3n) is 4.23. The van der Waals surface area contributed by atoms with Gasteiger partial charge in [0.2, 0.25) is 0 Å². The normalized spacial score (nSPS) is 10.7. The van der Waals surface area contributed by atoms with Gasteiger partial charge in [0.15, 0.2) is 0 Å². The van der Waals surface area contributed by atoms with E-state index in [2.05, 4.69) is 46.2 Å². The number of methoxy groups -OCH3 is 2. The SMILES string of the molecule is COCCN(CCOC)c1ccc(N)c(-c2ccc(N(C)C)cc2)c1. The van der Waals surface area contributed by atoms with Crippen molar-refractivity contribution in [2.45, 2.75) is 0 Å². The van der Waals surface area contributed by atoms with Crippen molar-refractivity contribution in [1.29, 1.82) is 0 Å². The summed E-state index contributed by atoms with van der Waals surface area (Å²) in [6.07, 6.45) is 0. The van der Waals surface area contributed by atoms with Crippen molar-refractivity contribution in [3.8, 4) is 11.1 Å². The Hall–Kier alpha value is -2.24. The minimum absolute atomic E-state index is 0.668. The molecule has 5 heteroatoms. The number of hydrogen-bond acceptors (Lipinski definition) is 5. The Balaban J connectivity index is 2.31.